The molecule has 0 bridgehead atoms. The van der Waals surface area contributed by atoms with Gasteiger partial charge in [-0.25, -0.2) is 0 Å². The van der Waals surface area contributed by atoms with Crippen molar-refractivity contribution >= 4 is 11.8 Å². The fourth-order valence-electron chi connectivity index (χ4n) is 2.28. The van der Waals surface area contributed by atoms with Gasteiger partial charge in [-0.1, -0.05) is 20.8 Å². The van der Waals surface area contributed by atoms with E-state index in [1.807, 2.05) is 6.92 Å². The first-order valence-corrected chi connectivity index (χ1v) is 7.17. The Morgan fingerprint density at radius 2 is 2.21 bits per heavy atom. The molecule has 110 valence electrons. The predicted molar refractivity (Wildman–Crippen MR) is 73.4 cm³/mol. The van der Waals surface area contributed by atoms with E-state index >= 15 is 0 Å². The van der Waals surface area contributed by atoms with Gasteiger partial charge in [-0.05, 0) is 18.8 Å². The molecule has 1 rings (SSSR count). The molecule has 1 aliphatic rings. The summed E-state index contributed by atoms with van der Waals surface area (Å²) in [5.74, 6) is 0.195. The number of hydrogen-bond acceptors (Lipinski definition) is 3. The average molecular weight is 270 g/mol. The quantitative estimate of drug-likeness (QED) is 0.718. The minimum absolute atomic E-state index is 0.0668. The number of nitrogens with one attached hydrogen (secondary N) is 1. The zero-order valence-corrected chi connectivity index (χ0v) is 12.2. The largest absolute Gasteiger partial charge is 0.393 e. The molecule has 0 radical (unpaired) electrons. The first-order valence-electron chi connectivity index (χ1n) is 7.17. The normalized spacial score (nSPS) is 21.0. The van der Waals surface area contributed by atoms with Crippen molar-refractivity contribution in [3.63, 3.8) is 0 Å². The lowest BCUT2D eigenvalue weighted by Gasteiger charge is -2.18. The van der Waals surface area contributed by atoms with Gasteiger partial charge in [-0.2, -0.15) is 0 Å². The molecule has 2 atom stereocenters. The Morgan fingerprint density at radius 1 is 1.53 bits per heavy atom. The Kier molecular flexibility index (Phi) is 6.28. The van der Waals surface area contributed by atoms with Crippen molar-refractivity contribution in [1.29, 1.82) is 0 Å². The summed E-state index contributed by atoms with van der Waals surface area (Å²) < 4.78 is 0. The molecule has 2 unspecified atom stereocenters. The Morgan fingerprint density at radius 3 is 2.79 bits per heavy atom. The van der Waals surface area contributed by atoms with Gasteiger partial charge in [0.05, 0.1) is 12.0 Å². The smallest absolute Gasteiger partial charge is 0.225 e. The van der Waals surface area contributed by atoms with E-state index in [4.69, 9.17) is 0 Å². The molecule has 0 aromatic rings. The van der Waals surface area contributed by atoms with Crippen LogP contribution in [0, 0.1) is 11.8 Å². The van der Waals surface area contributed by atoms with Crippen molar-refractivity contribution in [2.45, 2.75) is 46.1 Å². The predicted octanol–water partition coefficient (Wildman–Crippen LogP) is 0.768. The molecule has 1 heterocycles. The maximum Gasteiger partial charge on any atom is 0.225 e. The van der Waals surface area contributed by atoms with Crippen LogP contribution in [-0.4, -0.2) is 47.6 Å². The molecule has 1 aliphatic heterocycles. The summed E-state index contributed by atoms with van der Waals surface area (Å²) in [7, 11) is 0. The SMILES string of the molecule is CCC(O)CCNC(=O)C1CC(=O)N(CC(C)C)C1. The van der Waals surface area contributed by atoms with Crippen molar-refractivity contribution in [2.24, 2.45) is 11.8 Å². The highest BCUT2D eigenvalue weighted by atomic mass is 16.3. The number of carbonyl (C=O) groups is 2. The van der Waals surface area contributed by atoms with E-state index in [1.54, 1.807) is 4.90 Å². The van der Waals surface area contributed by atoms with Gasteiger partial charge in [0.15, 0.2) is 0 Å². The maximum atomic E-state index is 11.9. The lowest BCUT2D eigenvalue weighted by molar-refractivity contribution is -0.129. The summed E-state index contributed by atoms with van der Waals surface area (Å²) in [6, 6.07) is 0. The molecule has 0 saturated carbocycles. The van der Waals surface area contributed by atoms with Gasteiger partial charge < -0.3 is 15.3 Å². The van der Waals surface area contributed by atoms with E-state index in [-0.39, 0.29) is 23.8 Å². The van der Waals surface area contributed by atoms with Crippen molar-refractivity contribution in [3.8, 4) is 0 Å². The molecule has 19 heavy (non-hydrogen) atoms. The van der Waals surface area contributed by atoms with E-state index in [0.29, 0.717) is 38.3 Å². The first-order chi connectivity index (χ1) is 8.93. The van der Waals surface area contributed by atoms with Gasteiger partial charge in [0.25, 0.3) is 0 Å². The van der Waals surface area contributed by atoms with Crippen molar-refractivity contribution < 1.29 is 14.7 Å². The Bertz CT molecular complexity index is 318. The first kappa shape index (κ1) is 16.0. The van der Waals surface area contributed by atoms with Crippen LogP contribution in [0.15, 0.2) is 0 Å². The lowest BCUT2D eigenvalue weighted by Crippen LogP contribution is -2.35. The third-order valence-electron chi connectivity index (χ3n) is 3.42. The maximum absolute atomic E-state index is 11.9. The minimum atomic E-state index is -0.358. The van der Waals surface area contributed by atoms with Crippen molar-refractivity contribution in [1.82, 2.24) is 10.2 Å². The van der Waals surface area contributed by atoms with Crippen LogP contribution >= 0.6 is 0 Å². The topological polar surface area (TPSA) is 69.6 Å². The van der Waals surface area contributed by atoms with E-state index in [2.05, 4.69) is 19.2 Å². The Hall–Kier alpha value is -1.10. The highest BCUT2D eigenvalue weighted by Crippen LogP contribution is 2.19. The number of aliphatic hydroxyl groups excluding tert-OH is 1. The van der Waals surface area contributed by atoms with Crippen LogP contribution in [0.4, 0.5) is 0 Å². The molecule has 2 amide bonds. The lowest BCUT2D eigenvalue weighted by atomic mass is 10.1. The summed E-state index contributed by atoms with van der Waals surface area (Å²) >= 11 is 0. The summed E-state index contributed by atoms with van der Waals surface area (Å²) in [4.78, 5) is 25.5. The number of likely N-dealkylation sites (tertiary alicyclic amines) is 1. The summed E-state index contributed by atoms with van der Waals surface area (Å²) in [5.41, 5.74) is 0. The fourth-order valence-corrected chi connectivity index (χ4v) is 2.28. The van der Waals surface area contributed by atoms with Crippen LogP contribution in [0.2, 0.25) is 0 Å². The number of aliphatic hydroxyl groups is 1. The van der Waals surface area contributed by atoms with Crippen LogP contribution in [0.5, 0.6) is 0 Å². The van der Waals surface area contributed by atoms with Crippen LogP contribution < -0.4 is 5.32 Å². The zero-order chi connectivity index (χ0) is 14.4. The van der Waals surface area contributed by atoms with E-state index in [1.165, 1.54) is 0 Å². The van der Waals surface area contributed by atoms with Gasteiger partial charge in [-0.15, -0.1) is 0 Å². The van der Waals surface area contributed by atoms with Gasteiger partial charge >= 0.3 is 0 Å². The molecule has 0 aliphatic carbocycles. The van der Waals surface area contributed by atoms with Crippen LogP contribution in [0.1, 0.15) is 40.0 Å². The molecule has 5 heteroatoms. The minimum Gasteiger partial charge on any atom is -0.393 e. The second kappa shape index (κ2) is 7.48. The molecular formula is C14H26N2O3. The van der Waals surface area contributed by atoms with E-state index in [9.17, 15) is 14.7 Å². The number of carbonyl (C=O) groups excluding carboxylic acids is 2. The fraction of sp³-hybridized carbons (Fsp3) is 0.857. The monoisotopic (exact) mass is 270 g/mol. The number of hydrogen-bond donors (Lipinski definition) is 2. The van der Waals surface area contributed by atoms with E-state index < -0.39 is 0 Å². The van der Waals surface area contributed by atoms with Crippen LogP contribution in [-0.2, 0) is 9.59 Å². The third-order valence-corrected chi connectivity index (χ3v) is 3.42. The molecule has 0 spiro atoms. The average Bonchev–Trinajstić information content (AvgIpc) is 2.70. The van der Waals surface area contributed by atoms with Crippen molar-refractivity contribution in [2.75, 3.05) is 19.6 Å². The zero-order valence-electron chi connectivity index (χ0n) is 12.2. The number of rotatable bonds is 7. The van der Waals surface area contributed by atoms with Crippen LogP contribution in [0.25, 0.3) is 0 Å². The van der Waals surface area contributed by atoms with Gasteiger partial charge in [0.1, 0.15) is 0 Å². The number of nitrogens with zero attached hydrogens (tertiary/aromatic N) is 1. The summed E-state index contributed by atoms with van der Waals surface area (Å²) in [6.07, 6.45) is 1.22. The standard InChI is InChI=1S/C14H26N2O3/c1-4-12(17)5-6-15-14(19)11-7-13(18)16(9-11)8-10(2)3/h10-12,17H,4-9H2,1-3H3,(H,15,19). The van der Waals surface area contributed by atoms with E-state index in [0.717, 1.165) is 6.54 Å². The summed E-state index contributed by atoms with van der Waals surface area (Å²) in [5, 5.41) is 12.2. The molecule has 1 saturated heterocycles. The van der Waals surface area contributed by atoms with Gasteiger partial charge in [0, 0.05) is 26.1 Å². The number of amides is 2. The highest BCUT2D eigenvalue weighted by molar-refractivity contribution is 5.89. The molecule has 5 nitrogen and oxygen atoms in total. The van der Waals surface area contributed by atoms with Crippen LogP contribution in [0.3, 0.4) is 0 Å². The Labute approximate surface area is 115 Å². The van der Waals surface area contributed by atoms with Gasteiger partial charge in [-0.3, -0.25) is 9.59 Å². The molecule has 2 N–H and O–H groups in total. The summed E-state index contributed by atoms with van der Waals surface area (Å²) in [6.45, 7) is 7.75. The molecular weight excluding hydrogens is 244 g/mol. The molecule has 1 fully saturated rings. The molecule has 0 aromatic heterocycles. The van der Waals surface area contributed by atoms with Gasteiger partial charge in [0.2, 0.25) is 11.8 Å². The second-order valence-electron chi connectivity index (χ2n) is 5.74. The third kappa shape index (κ3) is 5.19. The highest BCUT2D eigenvalue weighted by Gasteiger charge is 2.34. The van der Waals surface area contributed by atoms with Crippen molar-refractivity contribution in [3.05, 3.63) is 0 Å². The second-order valence-corrected chi connectivity index (χ2v) is 5.74. The Balaban J connectivity index is 2.32. The molecule has 0 aromatic carbocycles.